The molecule has 4 heteroatoms. The van der Waals surface area contributed by atoms with Gasteiger partial charge in [0.05, 0.1) is 11.4 Å². The monoisotopic (exact) mass is 488 g/mol. The summed E-state index contributed by atoms with van der Waals surface area (Å²) in [7, 11) is 0. The van der Waals surface area contributed by atoms with Crippen LogP contribution in [0.2, 0.25) is 0 Å². The van der Waals surface area contributed by atoms with Crippen LogP contribution in [0.3, 0.4) is 0 Å². The molecule has 0 unspecified atom stereocenters. The summed E-state index contributed by atoms with van der Waals surface area (Å²) < 4.78 is 2.44. The van der Waals surface area contributed by atoms with E-state index in [4.69, 9.17) is 0 Å². The van der Waals surface area contributed by atoms with Gasteiger partial charge >= 0.3 is 0 Å². The maximum absolute atomic E-state index is 4.32. The quantitative estimate of drug-likeness (QED) is 0.326. The molecule has 0 saturated carbocycles. The molecule has 0 heterocycles. The first-order valence-corrected chi connectivity index (χ1v) is 8.33. The van der Waals surface area contributed by atoms with Crippen molar-refractivity contribution in [3.05, 3.63) is 66.8 Å². The zero-order valence-electron chi connectivity index (χ0n) is 11.3. The summed E-state index contributed by atoms with van der Waals surface area (Å²) >= 11 is 4.59. The van der Waals surface area contributed by atoms with Crippen LogP contribution >= 0.6 is 45.2 Å². The third-order valence-corrected chi connectivity index (χ3v) is 4.31. The van der Waals surface area contributed by atoms with E-state index in [9.17, 15) is 0 Å². The Morgan fingerprint density at radius 2 is 0.950 bits per heavy atom. The van der Waals surface area contributed by atoms with Gasteiger partial charge in [-0.2, -0.15) is 10.2 Å². The number of benzene rings is 2. The lowest BCUT2D eigenvalue weighted by molar-refractivity contribution is 1.22. The first-order chi connectivity index (χ1) is 9.56. The van der Waals surface area contributed by atoms with Gasteiger partial charge in [0, 0.05) is 7.14 Å². The van der Waals surface area contributed by atoms with Gasteiger partial charge in [0.1, 0.15) is 0 Å². The van der Waals surface area contributed by atoms with Crippen molar-refractivity contribution < 1.29 is 0 Å². The normalized spacial score (nSPS) is 12.6. The molecule has 0 bridgehead atoms. The average molecular weight is 488 g/mol. The van der Waals surface area contributed by atoms with E-state index in [0.29, 0.717) is 0 Å². The van der Waals surface area contributed by atoms with E-state index in [0.717, 1.165) is 22.6 Å². The number of nitrogens with zero attached hydrogens (tertiary/aromatic N) is 2. The molecule has 102 valence electrons. The summed E-state index contributed by atoms with van der Waals surface area (Å²) in [6, 6.07) is 16.6. The zero-order chi connectivity index (χ0) is 14.5. The van der Waals surface area contributed by atoms with Gasteiger partial charge < -0.3 is 0 Å². The highest BCUT2D eigenvalue weighted by atomic mass is 127. The highest BCUT2D eigenvalue weighted by Gasteiger charge is 1.99. The van der Waals surface area contributed by atoms with Crippen LogP contribution < -0.4 is 0 Å². The fourth-order valence-electron chi connectivity index (χ4n) is 1.65. The second-order valence-corrected chi connectivity index (χ2v) is 6.88. The Hall–Kier alpha value is -0.760. The van der Waals surface area contributed by atoms with Crippen molar-refractivity contribution in [3.8, 4) is 0 Å². The van der Waals surface area contributed by atoms with Gasteiger partial charge in [-0.15, -0.1) is 0 Å². The van der Waals surface area contributed by atoms with Crippen molar-refractivity contribution in [2.24, 2.45) is 10.2 Å². The lowest BCUT2D eigenvalue weighted by atomic mass is 10.1. The van der Waals surface area contributed by atoms with Gasteiger partial charge in [-0.25, -0.2) is 0 Å². The molecule has 0 amide bonds. The van der Waals surface area contributed by atoms with Crippen molar-refractivity contribution in [3.63, 3.8) is 0 Å². The Balaban J connectivity index is 2.19. The van der Waals surface area contributed by atoms with Crippen molar-refractivity contribution in [2.45, 2.75) is 13.8 Å². The molecule has 0 fully saturated rings. The van der Waals surface area contributed by atoms with Gasteiger partial charge in [0.2, 0.25) is 0 Å². The Morgan fingerprint density at radius 3 is 1.25 bits per heavy atom. The highest BCUT2D eigenvalue weighted by molar-refractivity contribution is 14.1. The first-order valence-electron chi connectivity index (χ1n) is 6.17. The zero-order valence-corrected chi connectivity index (χ0v) is 15.6. The fraction of sp³-hybridized carbons (Fsp3) is 0.125. The molecular formula is C16H14I2N2. The van der Waals surface area contributed by atoms with Crippen molar-refractivity contribution in [1.29, 1.82) is 0 Å². The molecule has 0 spiro atoms. The minimum Gasteiger partial charge on any atom is -0.155 e. The van der Waals surface area contributed by atoms with E-state index in [1.54, 1.807) is 0 Å². The Morgan fingerprint density at radius 1 is 0.650 bits per heavy atom. The minimum absolute atomic E-state index is 0.922. The predicted molar refractivity (Wildman–Crippen MR) is 103 cm³/mol. The maximum atomic E-state index is 4.32. The summed E-state index contributed by atoms with van der Waals surface area (Å²) in [4.78, 5) is 0. The number of hydrogen-bond donors (Lipinski definition) is 0. The van der Waals surface area contributed by atoms with Crippen molar-refractivity contribution >= 4 is 56.6 Å². The molecule has 0 atom stereocenters. The maximum Gasteiger partial charge on any atom is 0.0671 e. The third kappa shape index (κ3) is 4.37. The highest BCUT2D eigenvalue weighted by Crippen LogP contribution is 2.10. The van der Waals surface area contributed by atoms with E-state index in [1.165, 1.54) is 7.14 Å². The standard InChI is InChI=1S/C16H14I2N2/c1-11(13-3-7-15(17)8-4-13)19-20-12(2)14-5-9-16(18)10-6-14/h3-10H,1-2H3/b19-11+,20-12+. The number of rotatable bonds is 3. The molecule has 2 rings (SSSR count). The van der Waals surface area contributed by atoms with Crippen LogP contribution in [0.4, 0.5) is 0 Å². The molecule has 0 radical (unpaired) electrons. The summed E-state index contributed by atoms with van der Waals surface area (Å²) in [5.74, 6) is 0. The molecule has 0 aliphatic heterocycles. The van der Waals surface area contributed by atoms with Gasteiger partial charge in [0.15, 0.2) is 0 Å². The molecule has 0 aliphatic rings. The van der Waals surface area contributed by atoms with Crippen LogP contribution in [-0.4, -0.2) is 11.4 Å². The van der Waals surface area contributed by atoms with Crippen LogP contribution in [0.15, 0.2) is 58.7 Å². The second-order valence-electron chi connectivity index (χ2n) is 4.38. The van der Waals surface area contributed by atoms with Crippen molar-refractivity contribution in [2.75, 3.05) is 0 Å². The van der Waals surface area contributed by atoms with Crippen LogP contribution in [-0.2, 0) is 0 Å². The topological polar surface area (TPSA) is 24.7 Å². The molecule has 0 aromatic heterocycles. The van der Waals surface area contributed by atoms with Crippen LogP contribution in [0.1, 0.15) is 25.0 Å². The number of halogens is 2. The summed E-state index contributed by atoms with van der Waals surface area (Å²) in [5.41, 5.74) is 4.05. The third-order valence-electron chi connectivity index (χ3n) is 2.87. The van der Waals surface area contributed by atoms with Crippen LogP contribution in [0.5, 0.6) is 0 Å². The lowest BCUT2D eigenvalue weighted by Crippen LogP contribution is -1.97. The van der Waals surface area contributed by atoms with Crippen LogP contribution in [0, 0.1) is 7.14 Å². The Kier molecular flexibility index (Phi) is 5.71. The average Bonchev–Trinajstić information content (AvgIpc) is 2.46. The molecule has 0 N–H and O–H groups in total. The molecule has 0 aliphatic carbocycles. The van der Waals surface area contributed by atoms with E-state index in [-0.39, 0.29) is 0 Å². The Labute approximate surface area is 146 Å². The molecule has 2 aromatic carbocycles. The number of hydrogen-bond acceptors (Lipinski definition) is 2. The molecule has 2 nitrogen and oxygen atoms in total. The molecule has 2 aromatic rings. The Bertz CT molecular complexity index is 582. The summed E-state index contributed by atoms with van der Waals surface area (Å²) in [6.45, 7) is 3.96. The van der Waals surface area contributed by atoms with Gasteiger partial charge in [0.25, 0.3) is 0 Å². The lowest BCUT2D eigenvalue weighted by Gasteiger charge is -2.01. The summed E-state index contributed by atoms with van der Waals surface area (Å²) in [6.07, 6.45) is 0. The van der Waals surface area contributed by atoms with Gasteiger partial charge in [-0.05, 0) is 94.4 Å². The minimum atomic E-state index is 0.922. The fourth-order valence-corrected chi connectivity index (χ4v) is 2.37. The van der Waals surface area contributed by atoms with E-state index in [1.807, 2.05) is 13.8 Å². The second kappa shape index (κ2) is 7.31. The van der Waals surface area contributed by atoms with Crippen LogP contribution in [0.25, 0.3) is 0 Å². The smallest absolute Gasteiger partial charge is 0.0671 e. The summed E-state index contributed by atoms with van der Waals surface area (Å²) in [5, 5.41) is 8.65. The van der Waals surface area contributed by atoms with Crippen molar-refractivity contribution in [1.82, 2.24) is 0 Å². The predicted octanol–water partition coefficient (Wildman–Crippen LogP) is 5.13. The molecular weight excluding hydrogens is 474 g/mol. The first kappa shape index (κ1) is 15.6. The van der Waals surface area contributed by atoms with E-state index >= 15 is 0 Å². The SMILES string of the molecule is C/C(=N\N=C(/C)c1ccc(I)cc1)c1ccc(I)cc1. The van der Waals surface area contributed by atoms with E-state index in [2.05, 4.69) is 104 Å². The molecule has 0 saturated heterocycles. The van der Waals surface area contributed by atoms with Gasteiger partial charge in [-0.1, -0.05) is 24.3 Å². The van der Waals surface area contributed by atoms with Gasteiger partial charge in [-0.3, -0.25) is 0 Å². The van der Waals surface area contributed by atoms with E-state index < -0.39 is 0 Å². The molecule has 20 heavy (non-hydrogen) atoms. The largest absolute Gasteiger partial charge is 0.155 e.